The Bertz CT molecular complexity index is 1070. The van der Waals surface area contributed by atoms with E-state index in [9.17, 15) is 4.79 Å². The molecule has 1 amide bonds. The van der Waals surface area contributed by atoms with Gasteiger partial charge in [-0.25, -0.2) is 14.6 Å². The van der Waals surface area contributed by atoms with Gasteiger partial charge in [0, 0.05) is 13.1 Å². The lowest BCUT2D eigenvalue weighted by atomic mass is 10.1. The van der Waals surface area contributed by atoms with Crippen molar-refractivity contribution in [3.63, 3.8) is 0 Å². The molecule has 2 N–H and O–H groups in total. The minimum absolute atomic E-state index is 0.219. The van der Waals surface area contributed by atoms with Gasteiger partial charge in [-0.15, -0.1) is 0 Å². The third kappa shape index (κ3) is 4.53. The summed E-state index contributed by atoms with van der Waals surface area (Å²) in [5.74, 6) is 1.79. The first kappa shape index (κ1) is 21.2. The summed E-state index contributed by atoms with van der Waals surface area (Å²) in [5.41, 5.74) is 0.742. The van der Waals surface area contributed by atoms with Crippen LogP contribution in [-0.4, -0.2) is 57.2 Å². The molecule has 1 aliphatic rings. The molecule has 164 valence electrons. The number of hydrogen-bond acceptors (Lipinski definition) is 8. The second kappa shape index (κ2) is 9.42. The lowest BCUT2D eigenvalue weighted by Crippen LogP contribution is -2.49. The molecule has 10 heteroatoms. The van der Waals surface area contributed by atoms with Crippen LogP contribution in [-0.2, 0) is 11.3 Å². The maximum absolute atomic E-state index is 12.7. The summed E-state index contributed by atoms with van der Waals surface area (Å²) in [5, 5.41) is 12.3. The number of benzene rings is 1. The molecule has 0 radical (unpaired) electrons. The lowest BCUT2D eigenvalue weighted by molar-refractivity contribution is -0.133. The number of rotatable bonds is 8. The normalized spacial score (nSPS) is 17.5. The van der Waals surface area contributed by atoms with Crippen LogP contribution >= 0.6 is 11.8 Å². The van der Waals surface area contributed by atoms with E-state index in [0.717, 1.165) is 29.8 Å². The predicted octanol–water partition coefficient (Wildman–Crippen LogP) is 2.71. The summed E-state index contributed by atoms with van der Waals surface area (Å²) in [7, 11) is 0. The molecule has 0 fully saturated rings. The van der Waals surface area contributed by atoms with Crippen molar-refractivity contribution in [2.45, 2.75) is 44.2 Å². The van der Waals surface area contributed by atoms with Gasteiger partial charge in [-0.1, -0.05) is 30.8 Å². The monoisotopic (exact) mass is 442 g/mol. The van der Waals surface area contributed by atoms with Crippen LogP contribution < -0.4 is 20.1 Å². The maximum atomic E-state index is 12.7. The van der Waals surface area contributed by atoms with E-state index in [4.69, 9.17) is 9.47 Å². The highest BCUT2D eigenvalue weighted by Crippen LogP contribution is 2.33. The fourth-order valence-corrected chi connectivity index (χ4v) is 3.72. The summed E-state index contributed by atoms with van der Waals surface area (Å²) in [4.78, 5) is 21.9. The van der Waals surface area contributed by atoms with Gasteiger partial charge in [-0.05, 0) is 31.7 Å². The number of hydrogen-bond donors (Lipinski definition) is 2. The zero-order valence-corrected chi connectivity index (χ0v) is 18.6. The molecule has 0 aliphatic carbocycles. The Labute approximate surface area is 184 Å². The van der Waals surface area contributed by atoms with Gasteiger partial charge in [0.15, 0.2) is 22.3 Å². The van der Waals surface area contributed by atoms with Gasteiger partial charge < -0.3 is 20.1 Å². The Kier molecular flexibility index (Phi) is 6.45. The number of amides is 1. The highest BCUT2D eigenvalue weighted by molar-refractivity contribution is 7.98. The van der Waals surface area contributed by atoms with Crippen molar-refractivity contribution >= 4 is 34.5 Å². The second-order valence-corrected chi connectivity index (χ2v) is 7.96. The summed E-state index contributed by atoms with van der Waals surface area (Å²) < 4.78 is 13.5. The molecule has 9 nitrogen and oxygen atoms in total. The van der Waals surface area contributed by atoms with Crippen molar-refractivity contribution in [3.8, 4) is 11.5 Å². The van der Waals surface area contributed by atoms with Crippen LogP contribution in [0.4, 0.5) is 5.82 Å². The van der Waals surface area contributed by atoms with Crippen molar-refractivity contribution in [1.82, 2.24) is 25.1 Å². The molecule has 0 saturated carbocycles. The first-order chi connectivity index (χ1) is 15.1. The first-order valence-corrected chi connectivity index (χ1v) is 11.5. The molecule has 1 aromatic carbocycles. The van der Waals surface area contributed by atoms with E-state index in [0.29, 0.717) is 29.7 Å². The van der Waals surface area contributed by atoms with Gasteiger partial charge >= 0.3 is 0 Å². The van der Waals surface area contributed by atoms with Gasteiger partial charge in [0.25, 0.3) is 5.91 Å². The Morgan fingerprint density at radius 2 is 1.97 bits per heavy atom. The number of nitrogens with one attached hydrogen (secondary N) is 2. The fourth-order valence-electron chi connectivity index (χ4n) is 3.36. The van der Waals surface area contributed by atoms with E-state index >= 15 is 0 Å². The Balaban J connectivity index is 1.42. The minimum atomic E-state index is -0.709. The van der Waals surface area contributed by atoms with Crippen molar-refractivity contribution in [2.24, 2.45) is 0 Å². The predicted molar refractivity (Wildman–Crippen MR) is 120 cm³/mol. The molecule has 2 unspecified atom stereocenters. The van der Waals surface area contributed by atoms with E-state index in [1.807, 2.05) is 31.4 Å². The van der Waals surface area contributed by atoms with Gasteiger partial charge in [-0.2, -0.15) is 5.10 Å². The number of anilines is 1. The van der Waals surface area contributed by atoms with E-state index in [-0.39, 0.29) is 12.0 Å². The van der Waals surface area contributed by atoms with Crippen molar-refractivity contribution in [3.05, 3.63) is 30.5 Å². The number of carbonyl (C=O) groups is 1. The van der Waals surface area contributed by atoms with E-state index < -0.39 is 6.10 Å². The zero-order valence-electron chi connectivity index (χ0n) is 17.8. The molecule has 3 aromatic rings. The fraction of sp³-hybridized carbons (Fsp3) is 0.429. The van der Waals surface area contributed by atoms with E-state index in [2.05, 4.69) is 32.6 Å². The number of thioether (sulfide) groups is 1. The molecular weight excluding hydrogens is 416 g/mol. The van der Waals surface area contributed by atoms with Crippen molar-refractivity contribution in [2.75, 3.05) is 24.7 Å². The average Bonchev–Trinajstić information content (AvgIpc) is 3.19. The van der Waals surface area contributed by atoms with Crippen molar-refractivity contribution in [1.29, 1.82) is 0 Å². The van der Waals surface area contributed by atoms with Gasteiger partial charge in [0.1, 0.15) is 11.9 Å². The van der Waals surface area contributed by atoms with Gasteiger partial charge in [0.05, 0.1) is 18.1 Å². The molecular formula is C21H26N6O3S. The second-order valence-electron chi connectivity index (χ2n) is 7.19. The van der Waals surface area contributed by atoms with Crippen molar-refractivity contribution < 1.29 is 14.3 Å². The Morgan fingerprint density at radius 3 is 2.71 bits per heavy atom. The minimum Gasteiger partial charge on any atom is -0.482 e. The Morgan fingerprint density at radius 1 is 1.19 bits per heavy atom. The van der Waals surface area contributed by atoms with Crippen LogP contribution in [0.3, 0.4) is 0 Å². The summed E-state index contributed by atoms with van der Waals surface area (Å²) >= 11 is 1.48. The SMILES string of the molecule is CCCNc1nc(SC)nc2c1cnn2CCNC(=O)C1Oc2ccccc2OC1C. The molecule has 4 rings (SSSR count). The van der Waals surface area contributed by atoms with Gasteiger partial charge in [0.2, 0.25) is 6.10 Å². The third-order valence-corrected chi connectivity index (χ3v) is 5.47. The van der Waals surface area contributed by atoms with E-state index in [1.165, 1.54) is 11.8 Å². The zero-order chi connectivity index (χ0) is 21.8. The number of fused-ring (bicyclic) bond motifs is 2. The highest BCUT2D eigenvalue weighted by atomic mass is 32.2. The summed E-state index contributed by atoms with van der Waals surface area (Å²) in [6.07, 6.45) is 3.60. The molecule has 0 saturated heterocycles. The van der Waals surface area contributed by atoms with Crippen LogP contribution in [0.2, 0.25) is 0 Å². The molecule has 31 heavy (non-hydrogen) atoms. The molecule has 0 bridgehead atoms. The summed E-state index contributed by atoms with van der Waals surface area (Å²) in [6, 6.07) is 7.35. The van der Waals surface area contributed by atoms with Crippen LogP contribution in [0, 0.1) is 0 Å². The number of nitrogens with zero attached hydrogens (tertiary/aromatic N) is 4. The first-order valence-electron chi connectivity index (χ1n) is 10.3. The third-order valence-electron chi connectivity index (χ3n) is 4.92. The standard InChI is InChI=1S/C21H26N6O3S/c1-4-9-22-18-14-12-24-27(19(14)26-21(25-18)31-3)11-10-23-20(28)17-13(2)29-15-7-5-6-8-16(15)30-17/h5-8,12-13,17H,4,9-11H2,1-3H3,(H,23,28)(H,22,25,26). The topological polar surface area (TPSA) is 103 Å². The molecule has 1 aliphatic heterocycles. The van der Waals surface area contributed by atoms with Crippen LogP contribution in [0.25, 0.3) is 11.0 Å². The van der Waals surface area contributed by atoms with E-state index in [1.54, 1.807) is 16.9 Å². The quantitative estimate of drug-likeness (QED) is 0.405. The molecule has 2 atom stereocenters. The highest BCUT2D eigenvalue weighted by Gasteiger charge is 2.33. The number of ether oxygens (including phenoxy) is 2. The number of carbonyl (C=O) groups excluding carboxylic acids is 1. The molecule has 2 aromatic heterocycles. The number of aromatic nitrogens is 4. The van der Waals surface area contributed by atoms with Gasteiger partial charge in [-0.3, -0.25) is 4.79 Å². The van der Waals surface area contributed by atoms with Crippen LogP contribution in [0.1, 0.15) is 20.3 Å². The summed E-state index contributed by atoms with van der Waals surface area (Å²) in [6.45, 7) is 5.62. The number of para-hydroxylation sites is 2. The maximum Gasteiger partial charge on any atom is 0.265 e. The average molecular weight is 443 g/mol. The molecule has 0 spiro atoms. The van der Waals surface area contributed by atoms with Crippen LogP contribution in [0.15, 0.2) is 35.6 Å². The lowest BCUT2D eigenvalue weighted by Gasteiger charge is -2.31. The Hall–Kier alpha value is -3.01. The van der Waals surface area contributed by atoms with Crippen LogP contribution in [0.5, 0.6) is 11.5 Å². The molecule has 3 heterocycles. The largest absolute Gasteiger partial charge is 0.482 e. The smallest absolute Gasteiger partial charge is 0.265 e.